The number of thioether (sulfide) groups is 1. The van der Waals surface area contributed by atoms with Crippen LogP contribution in [0.15, 0.2) is 44.4 Å². The molecule has 2 aromatic carbocycles. The highest BCUT2D eigenvalue weighted by Crippen LogP contribution is 2.50. The summed E-state index contributed by atoms with van der Waals surface area (Å²) >= 11 is 7.64. The minimum absolute atomic E-state index is 0.0874. The zero-order valence-electron chi connectivity index (χ0n) is 16.5. The number of halogens is 6. The van der Waals surface area contributed by atoms with Crippen molar-refractivity contribution in [3.8, 4) is 0 Å². The van der Waals surface area contributed by atoms with Crippen molar-refractivity contribution < 1.29 is 27.2 Å². The van der Waals surface area contributed by atoms with Gasteiger partial charge in [0.25, 0.3) is 11.5 Å². The van der Waals surface area contributed by atoms with Crippen LogP contribution in [0.3, 0.4) is 0 Å². The second kappa shape index (κ2) is 8.64. The average Bonchev–Trinajstić information content (AvgIpc) is 3.15. The van der Waals surface area contributed by atoms with Crippen molar-refractivity contribution in [2.24, 2.45) is 5.16 Å². The van der Waals surface area contributed by atoms with Gasteiger partial charge in [-0.15, -0.1) is 0 Å². The molecule has 1 unspecified atom stereocenters. The quantitative estimate of drug-likeness (QED) is 0.344. The van der Waals surface area contributed by atoms with E-state index in [2.05, 4.69) is 42.3 Å². The van der Waals surface area contributed by atoms with Crippen molar-refractivity contribution in [1.82, 2.24) is 5.32 Å². The molecule has 0 aliphatic carbocycles. The number of hydrogen-bond acceptors (Lipinski definition) is 4. The highest BCUT2D eigenvalue weighted by atomic mass is 79.9. The minimum Gasteiger partial charge on any atom is -0.374 e. The first-order valence-corrected chi connectivity index (χ1v) is 12.2. The number of amides is 1. The molecule has 32 heavy (non-hydrogen) atoms. The summed E-state index contributed by atoms with van der Waals surface area (Å²) in [6, 6.07) is 6.99. The highest BCUT2D eigenvalue weighted by molar-refractivity contribution is 9.11. The van der Waals surface area contributed by atoms with Gasteiger partial charge in [-0.1, -0.05) is 11.2 Å². The molecular formula is C21H16Br2F4N2O2S. The minimum atomic E-state index is -4.81. The predicted molar refractivity (Wildman–Crippen MR) is 122 cm³/mol. The SMILES string of the molecule is Cc1cc(C2=NOC(c3cc(Br)c(F)c(Br)c3)(C(F)(F)F)C2)ccc1C(=O)NC1CSC1. The molecule has 0 radical (unpaired) electrons. The largest absolute Gasteiger partial charge is 0.435 e. The molecule has 0 aromatic heterocycles. The zero-order valence-corrected chi connectivity index (χ0v) is 20.5. The van der Waals surface area contributed by atoms with Crippen molar-refractivity contribution in [3.05, 3.63) is 67.3 Å². The molecule has 0 saturated carbocycles. The molecule has 1 fully saturated rings. The van der Waals surface area contributed by atoms with E-state index in [-0.39, 0.29) is 32.2 Å². The Morgan fingerprint density at radius 3 is 2.41 bits per heavy atom. The molecule has 2 heterocycles. The van der Waals surface area contributed by atoms with Crippen LogP contribution in [-0.2, 0) is 10.4 Å². The molecule has 1 N–H and O–H groups in total. The van der Waals surface area contributed by atoms with Crippen molar-refractivity contribution in [3.63, 3.8) is 0 Å². The van der Waals surface area contributed by atoms with Gasteiger partial charge in [0, 0.05) is 35.1 Å². The van der Waals surface area contributed by atoms with E-state index in [1.165, 1.54) is 0 Å². The molecule has 2 aromatic rings. The highest BCUT2D eigenvalue weighted by Gasteiger charge is 2.62. The first-order chi connectivity index (χ1) is 15.0. The normalized spacial score (nSPS) is 21.0. The number of oxime groups is 1. The van der Waals surface area contributed by atoms with Gasteiger partial charge in [-0.2, -0.15) is 24.9 Å². The molecular weight excluding hydrogens is 580 g/mol. The van der Waals surface area contributed by atoms with Gasteiger partial charge in [0.05, 0.1) is 14.7 Å². The second-order valence-corrected chi connectivity index (χ2v) is 10.4. The van der Waals surface area contributed by atoms with Gasteiger partial charge in [-0.05, 0) is 74.2 Å². The van der Waals surface area contributed by atoms with Crippen LogP contribution in [0.5, 0.6) is 0 Å². The third kappa shape index (κ3) is 4.19. The molecule has 2 aliphatic heterocycles. The Morgan fingerprint density at radius 1 is 1.22 bits per heavy atom. The van der Waals surface area contributed by atoms with Gasteiger partial charge in [-0.25, -0.2) is 4.39 Å². The number of alkyl halides is 3. The number of aryl methyl sites for hydroxylation is 1. The van der Waals surface area contributed by atoms with E-state index in [9.17, 15) is 22.4 Å². The number of benzene rings is 2. The third-order valence-corrected chi connectivity index (χ3v) is 7.84. The molecule has 2 aliphatic rings. The molecule has 4 nitrogen and oxygen atoms in total. The smallest absolute Gasteiger partial charge is 0.374 e. The van der Waals surface area contributed by atoms with Crippen LogP contribution in [0, 0.1) is 12.7 Å². The molecule has 4 rings (SSSR count). The van der Waals surface area contributed by atoms with Crippen LogP contribution in [0.25, 0.3) is 0 Å². The monoisotopic (exact) mass is 594 g/mol. The number of nitrogens with one attached hydrogen (secondary N) is 1. The van der Waals surface area contributed by atoms with E-state index < -0.39 is 24.0 Å². The first kappa shape index (κ1) is 23.6. The zero-order chi connectivity index (χ0) is 23.3. The summed E-state index contributed by atoms with van der Waals surface area (Å²) in [5, 5.41) is 6.67. The molecule has 1 atom stereocenters. The lowest BCUT2D eigenvalue weighted by Gasteiger charge is -2.30. The van der Waals surface area contributed by atoms with Crippen molar-refractivity contribution >= 4 is 55.2 Å². The van der Waals surface area contributed by atoms with E-state index in [1.807, 2.05) is 0 Å². The second-order valence-electron chi connectivity index (χ2n) is 7.62. The van der Waals surface area contributed by atoms with Crippen LogP contribution < -0.4 is 5.32 Å². The number of nitrogens with zero attached hydrogens (tertiary/aromatic N) is 1. The number of rotatable bonds is 4. The predicted octanol–water partition coefficient (Wildman–Crippen LogP) is 6.09. The number of carbonyl (C=O) groups excluding carboxylic acids is 1. The van der Waals surface area contributed by atoms with Gasteiger partial charge in [0.1, 0.15) is 0 Å². The average molecular weight is 596 g/mol. The van der Waals surface area contributed by atoms with Gasteiger partial charge in [0.2, 0.25) is 0 Å². The topological polar surface area (TPSA) is 50.7 Å². The number of hydrogen-bond donors (Lipinski definition) is 1. The molecule has 11 heteroatoms. The van der Waals surface area contributed by atoms with Crippen LogP contribution in [-0.4, -0.2) is 35.3 Å². The molecule has 0 spiro atoms. The Balaban J connectivity index is 1.62. The van der Waals surface area contributed by atoms with Gasteiger partial charge in [-0.3, -0.25) is 4.79 Å². The van der Waals surface area contributed by atoms with Crippen LogP contribution >= 0.6 is 43.6 Å². The molecule has 0 bridgehead atoms. The van der Waals surface area contributed by atoms with Crippen LogP contribution in [0.2, 0.25) is 0 Å². The lowest BCUT2D eigenvalue weighted by atomic mass is 9.86. The summed E-state index contributed by atoms with van der Waals surface area (Å²) in [4.78, 5) is 17.5. The summed E-state index contributed by atoms with van der Waals surface area (Å²) in [6.45, 7) is 1.72. The number of carbonyl (C=O) groups is 1. The van der Waals surface area contributed by atoms with Crippen LogP contribution in [0.4, 0.5) is 17.6 Å². The van der Waals surface area contributed by atoms with E-state index in [0.717, 1.165) is 23.6 Å². The third-order valence-electron chi connectivity index (χ3n) is 5.41. The first-order valence-electron chi connectivity index (χ1n) is 9.48. The maximum atomic E-state index is 14.2. The van der Waals surface area contributed by atoms with E-state index in [0.29, 0.717) is 16.7 Å². The summed E-state index contributed by atoms with van der Waals surface area (Å²) in [5.74, 6) is 0.808. The fraction of sp³-hybridized carbons (Fsp3) is 0.333. The molecule has 1 saturated heterocycles. The maximum Gasteiger partial charge on any atom is 0.435 e. The van der Waals surface area contributed by atoms with Crippen molar-refractivity contribution in [2.75, 3.05) is 11.5 Å². The Bertz CT molecular complexity index is 1100. The van der Waals surface area contributed by atoms with E-state index >= 15 is 0 Å². The van der Waals surface area contributed by atoms with Crippen molar-refractivity contribution in [1.29, 1.82) is 0 Å². The summed E-state index contributed by atoms with van der Waals surface area (Å²) in [5.41, 5.74) is -1.46. The van der Waals surface area contributed by atoms with Gasteiger partial charge < -0.3 is 10.2 Å². The van der Waals surface area contributed by atoms with E-state index in [4.69, 9.17) is 4.84 Å². The Labute approximate surface area is 202 Å². The summed E-state index contributed by atoms with van der Waals surface area (Å²) in [6.07, 6.45) is -5.41. The fourth-order valence-electron chi connectivity index (χ4n) is 3.53. The van der Waals surface area contributed by atoms with Gasteiger partial charge >= 0.3 is 6.18 Å². The molecule has 170 valence electrons. The van der Waals surface area contributed by atoms with E-state index in [1.54, 1.807) is 36.9 Å². The maximum absolute atomic E-state index is 14.2. The Hall–Kier alpha value is -1.59. The summed E-state index contributed by atoms with van der Waals surface area (Å²) < 4.78 is 56.2. The Morgan fingerprint density at radius 2 is 1.88 bits per heavy atom. The van der Waals surface area contributed by atoms with Crippen molar-refractivity contribution in [2.45, 2.75) is 31.2 Å². The van der Waals surface area contributed by atoms with Crippen LogP contribution in [0.1, 0.15) is 33.5 Å². The Kier molecular flexibility index (Phi) is 6.36. The fourth-order valence-corrected chi connectivity index (χ4v) is 5.35. The molecule has 1 amide bonds. The lowest BCUT2D eigenvalue weighted by molar-refractivity contribution is -0.275. The summed E-state index contributed by atoms with van der Waals surface area (Å²) in [7, 11) is 0. The lowest BCUT2D eigenvalue weighted by Crippen LogP contribution is -2.44. The standard InChI is InChI=1S/C21H16Br2F4N2O2S/c1-10-4-11(2-3-14(10)19(30)28-13-8-32-9-13)17-7-20(31-29-17,21(25,26)27)12-5-15(22)18(24)16(23)6-12/h2-6,13H,7-9H2,1H3,(H,28,30). The van der Waals surface area contributed by atoms with Gasteiger partial charge in [0.15, 0.2) is 5.82 Å².